The fourth-order valence-corrected chi connectivity index (χ4v) is 3.38. The number of carbonyl (C=O) groups is 1. The van der Waals surface area contributed by atoms with Crippen LogP contribution in [-0.4, -0.2) is 31.4 Å². The highest BCUT2D eigenvalue weighted by Gasteiger charge is 2.18. The second kappa shape index (κ2) is 8.47. The molecule has 0 spiro atoms. The van der Waals surface area contributed by atoms with Crippen LogP contribution in [0.1, 0.15) is 28.7 Å². The first kappa shape index (κ1) is 20.1. The summed E-state index contributed by atoms with van der Waals surface area (Å²) >= 11 is 0. The van der Waals surface area contributed by atoms with Crippen LogP contribution >= 0.6 is 0 Å². The standard InChI is InChI=1S/C20H26N2O3S/c1-15-6-9-18(10-7-15)14-22(26(4,24)25)12-11-20(23)21-19-13-16(2)5-8-17(19)3/h5-10,13H,11-12,14H2,1-4H3,(H,21,23). The Balaban J connectivity index is 2.01. The number of rotatable bonds is 7. The number of benzene rings is 2. The second-order valence-corrected chi connectivity index (χ2v) is 8.68. The first-order valence-corrected chi connectivity index (χ1v) is 10.4. The predicted molar refractivity (Wildman–Crippen MR) is 106 cm³/mol. The van der Waals surface area contributed by atoms with Gasteiger partial charge in [0.25, 0.3) is 0 Å². The van der Waals surface area contributed by atoms with Crippen molar-refractivity contribution < 1.29 is 13.2 Å². The van der Waals surface area contributed by atoms with Gasteiger partial charge in [0.2, 0.25) is 15.9 Å². The van der Waals surface area contributed by atoms with Gasteiger partial charge in [-0.25, -0.2) is 8.42 Å². The predicted octanol–water partition coefficient (Wildman–Crippen LogP) is 3.40. The highest BCUT2D eigenvalue weighted by molar-refractivity contribution is 7.88. The van der Waals surface area contributed by atoms with Gasteiger partial charge in [0, 0.05) is 25.2 Å². The van der Waals surface area contributed by atoms with Crippen molar-refractivity contribution in [2.75, 3.05) is 18.1 Å². The van der Waals surface area contributed by atoms with Crippen LogP contribution < -0.4 is 5.32 Å². The van der Waals surface area contributed by atoms with Crippen LogP contribution in [0.25, 0.3) is 0 Å². The van der Waals surface area contributed by atoms with E-state index in [1.54, 1.807) is 0 Å². The summed E-state index contributed by atoms with van der Waals surface area (Å²) in [7, 11) is -3.40. The van der Waals surface area contributed by atoms with Crippen molar-refractivity contribution in [3.63, 3.8) is 0 Å². The van der Waals surface area contributed by atoms with E-state index >= 15 is 0 Å². The Labute approximate surface area is 156 Å². The Morgan fingerprint density at radius 3 is 2.23 bits per heavy atom. The summed E-state index contributed by atoms with van der Waals surface area (Å²) in [5.41, 5.74) is 4.81. The van der Waals surface area contributed by atoms with E-state index in [-0.39, 0.29) is 25.4 Å². The monoisotopic (exact) mass is 374 g/mol. The summed E-state index contributed by atoms with van der Waals surface area (Å²) in [5, 5.41) is 2.87. The molecular weight excluding hydrogens is 348 g/mol. The Hall–Kier alpha value is -2.18. The van der Waals surface area contributed by atoms with Crippen molar-refractivity contribution in [1.29, 1.82) is 0 Å². The molecule has 0 fully saturated rings. The molecule has 140 valence electrons. The molecule has 2 rings (SSSR count). The lowest BCUT2D eigenvalue weighted by Gasteiger charge is -2.20. The zero-order chi connectivity index (χ0) is 19.3. The van der Waals surface area contributed by atoms with Crippen LogP contribution in [0.15, 0.2) is 42.5 Å². The fraction of sp³-hybridized carbons (Fsp3) is 0.350. The summed E-state index contributed by atoms with van der Waals surface area (Å²) in [6, 6.07) is 13.6. The smallest absolute Gasteiger partial charge is 0.225 e. The van der Waals surface area contributed by atoms with Gasteiger partial charge in [0.05, 0.1) is 6.26 Å². The molecule has 2 aromatic rings. The lowest BCUT2D eigenvalue weighted by molar-refractivity contribution is -0.116. The van der Waals surface area contributed by atoms with Gasteiger partial charge in [-0.1, -0.05) is 42.0 Å². The third-order valence-electron chi connectivity index (χ3n) is 4.20. The number of anilines is 1. The van der Waals surface area contributed by atoms with E-state index in [1.165, 1.54) is 10.6 Å². The Bertz CT molecular complexity index is 874. The van der Waals surface area contributed by atoms with Gasteiger partial charge < -0.3 is 5.32 Å². The molecule has 0 unspecified atom stereocenters. The van der Waals surface area contributed by atoms with Gasteiger partial charge >= 0.3 is 0 Å². The van der Waals surface area contributed by atoms with Crippen LogP contribution in [0.3, 0.4) is 0 Å². The van der Waals surface area contributed by atoms with E-state index in [9.17, 15) is 13.2 Å². The lowest BCUT2D eigenvalue weighted by atomic mass is 10.1. The minimum Gasteiger partial charge on any atom is -0.326 e. The quantitative estimate of drug-likeness (QED) is 0.808. The van der Waals surface area contributed by atoms with E-state index < -0.39 is 10.0 Å². The summed E-state index contributed by atoms with van der Waals surface area (Å²) < 4.78 is 25.5. The molecule has 0 bridgehead atoms. The third-order valence-corrected chi connectivity index (χ3v) is 5.45. The van der Waals surface area contributed by atoms with Gasteiger partial charge in [0.1, 0.15) is 0 Å². The Morgan fingerprint density at radius 2 is 1.62 bits per heavy atom. The number of nitrogens with zero attached hydrogens (tertiary/aromatic N) is 1. The number of nitrogens with one attached hydrogen (secondary N) is 1. The molecular formula is C20H26N2O3S. The van der Waals surface area contributed by atoms with Crippen LogP contribution in [0.5, 0.6) is 0 Å². The third kappa shape index (κ3) is 5.97. The molecule has 0 saturated carbocycles. The molecule has 0 aliphatic carbocycles. The molecule has 0 aliphatic heterocycles. The number of amides is 1. The molecule has 0 radical (unpaired) electrons. The zero-order valence-electron chi connectivity index (χ0n) is 15.7. The number of carbonyl (C=O) groups excluding carboxylic acids is 1. The number of hydrogen-bond acceptors (Lipinski definition) is 3. The van der Waals surface area contributed by atoms with Crippen molar-refractivity contribution in [3.8, 4) is 0 Å². The topological polar surface area (TPSA) is 66.5 Å². The first-order valence-electron chi connectivity index (χ1n) is 8.53. The average Bonchev–Trinajstić information content (AvgIpc) is 2.55. The average molecular weight is 375 g/mol. The van der Waals surface area contributed by atoms with Crippen LogP contribution in [0.4, 0.5) is 5.69 Å². The summed E-state index contributed by atoms with van der Waals surface area (Å²) in [6.07, 6.45) is 1.27. The van der Waals surface area contributed by atoms with Crippen molar-refractivity contribution in [1.82, 2.24) is 4.31 Å². The Morgan fingerprint density at radius 1 is 1.00 bits per heavy atom. The van der Waals surface area contributed by atoms with E-state index in [0.717, 1.165) is 27.9 Å². The summed E-state index contributed by atoms with van der Waals surface area (Å²) in [6.45, 7) is 6.27. The summed E-state index contributed by atoms with van der Waals surface area (Å²) in [4.78, 5) is 12.3. The fourth-order valence-electron chi connectivity index (χ4n) is 2.57. The van der Waals surface area contributed by atoms with Gasteiger partial charge in [-0.3, -0.25) is 4.79 Å². The molecule has 1 N–H and O–H groups in total. The molecule has 0 heterocycles. The highest BCUT2D eigenvalue weighted by Crippen LogP contribution is 2.17. The molecule has 26 heavy (non-hydrogen) atoms. The highest BCUT2D eigenvalue weighted by atomic mass is 32.2. The van der Waals surface area contributed by atoms with E-state index in [2.05, 4.69) is 5.32 Å². The van der Waals surface area contributed by atoms with Crippen molar-refractivity contribution in [2.24, 2.45) is 0 Å². The molecule has 0 saturated heterocycles. The van der Waals surface area contributed by atoms with Crippen LogP contribution in [0, 0.1) is 20.8 Å². The number of aryl methyl sites for hydroxylation is 3. The van der Waals surface area contributed by atoms with E-state index in [0.29, 0.717) is 0 Å². The Kier molecular flexibility index (Phi) is 6.56. The van der Waals surface area contributed by atoms with Crippen molar-refractivity contribution in [3.05, 3.63) is 64.7 Å². The van der Waals surface area contributed by atoms with Crippen molar-refractivity contribution >= 4 is 21.6 Å². The minimum atomic E-state index is -3.40. The molecule has 0 atom stereocenters. The maximum atomic E-state index is 12.3. The van der Waals surface area contributed by atoms with E-state index in [4.69, 9.17) is 0 Å². The second-order valence-electron chi connectivity index (χ2n) is 6.70. The molecule has 6 heteroatoms. The summed E-state index contributed by atoms with van der Waals surface area (Å²) in [5.74, 6) is -0.198. The largest absolute Gasteiger partial charge is 0.326 e. The molecule has 2 aromatic carbocycles. The first-order chi connectivity index (χ1) is 12.1. The van der Waals surface area contributed by atoms with E-state index in [1.807, 2.05) is 63.2 Å². The minimum absolute atomic E-state index is 0.103. The van der Waals surface area contributed by atoms with Gasteiger partial charge in [-0.15, -0.1) is 0 Å². The number of hydrogen-bond donors (Lipinski definition) is 1. The van der Waals surface area contributed by atoms with Crippen molar-refractivity contribution in [2.45, 2.75) is 33.7 Å². The van der Waals surface area contributed by atoms with Gasteiger partial charge in [-0.2, -0.15) is 4.31 Å². The van der Waals surface area contributed by atoms with Gasteiger partial charge in [0.15, 0.2) is 0 Å². The normalized spacial score (nSPS) is 11.6. The van der Waals surface area contributed by atoms with Crippen LogP contribution in [0.2, 0.25) is 0 Å². The molecule has 5 nitrogen and oxygen atoms in total. The maximum Gasteiger partial charge on any atom is 0.225 e. The molecule has 0 aromatic heterocycles. The van der Waals surface area contributed by atoms with Crippen LogP contribution in [-0.2, 0) is 21.4 Å². The maximum absolute atomic E-state index is 12.3. The SMILES string of the molecule is Cc1ccc(CN(CCC(=O)Nc2cc(C)ccc2C)S(C)(=O)=O)cc1. The van der Waals surface area contributed by atoms with Gasteiger partial charge in [-0.05, 0) is 43.5 Å². The zero-order valence-corrected chi connectivity index (χ0v) is 16.6. The number of sulfonamides is 1. The lowest BCUT2D eigenvalue weighted by Crippen LogP contribution is -2.32. The molecule has 0 aliphatic rings. The molecule has 1 amide bonds.